The Balaban J connectivity index is 1.73. The average molecular weight is 491 g/mol. The number of hydrogen-bond donors (Lipinski definition) is 2. The summed E-state index contributed by atoms with van der Waals surface area (Å²) in [6.45, 7) is 7.58. The van der Waals surface area contributed by atoms with Crippen molar-refractivity contribution in [2.75, 3.05) is 6.54 Å². The molecule has 1 saturated heterocycles. The Morgan fingerprint density at radius 3 is 2.36 bits per heavy atom. The van der Waals surface area contributed by atoms with Crippen molar-refractivity contribution < 1.29 is 19.1 Å². The maximum atomic E-state index is 13.6. The van der Waals surface area contributed by atoms with E-state index < -0.39 is 23.8 Å². The Morgan fingerprint density at radius 1 is 1.08 bits per heavy atom. The summed E-state index contributed by atoms with van der Waals surface area (Å²) in [5.41, 5.74) is 1.60. The Hall–Kier alpha value is -3.86. The van der Waals surface area contributed by atoms with E-state index in [1.165, 1.54) is 0 Å². The molecule has 0 spiro atoms. The predicted octanol–water partition coefficient (Wildman–Crippen LogP) is 3.86. The number of ether oxygens (including phenoxy) is 1. The lowest BCUT2D eigenvalue weighted by Crippen LogP contribution is -2.54. The predicted molar refractivity (Wildman–Crippen MR) is 136 cm³/mol. The molecule has 2 aromatic carbocycles. The van der Waals surface area contributed by atoms with Crippen molar-refractivity contribution in [3.63, 3.8) is 0 Å². The van der Waals surface area contributed by atoms with E-state index in [0.717, 1.165) is 11.1 Å². The third-order valence-electron chi connectivity index (χ3n) is 6.01. The van der Waals surface area contributed by atoms with E-state index in [-0.39, 0.29) is 24.3 Å². The molecule has 1 heterocycles. The lowest BCUT2D eigenvalue weighted by molar-refractivity contribution is -0.140. The van der Waals surface area contributed by atoms with Gasteiger partial charge >= 0.3 is 6.09 Å². The fourth-order valence-corrected chi connectivity index (χ4v) is 4.24. The third-order valence-corrected chi connectivity index (χ3v) is 6.01. The van der Waals surface area contributed by atoms with Crippen LogP contribution >= 0.6 is 0 Å². The minimum atomic E-state index is -0.869. The Morgan fingerprint density at radius 2 is 1.75 bits per heavy atom. The second-order valence-electron chi connectivity index (χ2n) is 10.0. The number of nitriles is 1. The molecule has 1 unspecified atom stereocenters. The molecule has 2 N–H and O–H groups in total. The summed E-state index contributed by atoms with van der Waals surface area (Å²) in [6, 6.07) is 16.8. The highest BCUT2D eigenvalue weighted by molar-refractivity contribution is 5.92. The van der Waals surface area contributed by atoms with Gasteiger partial charge in [-0.15, -0.1) is 0 Å². The number of likely N-dealkylation sites (tertiary alicyclic amines) is 1. The molecule has 1 aliphatic heterocycles. The smallest absolute Gasteiger partial charge is 0.408 e. The van der Waals surface area contributed by atoms with Crippen molar-refractivity contribution in [3.8, 4) is 6.07 Å². The van der Waals surface area contributed by atoms with E-state index in [1.807, 2.05) is 49.4 Å². The standard InChI is InChI=1S/C28H34N4O4/c1-19(22-14-12-21(18-29)13-15-22)30-25(33)24-11-8-16-32(24)26(34)23(17-20-9-6-5-7-10-20)31-27(35)36-28(2,3)4/h5-7,9-10,12-15,19,23-24H,8,11,16-17H2,1-4H3,(H,30,33)(H,31,35)/t19?,23-,24-/m0/s1. The quantitative estimate of drug-likeness (QED) is 0.612. The topological polar surface area (TPSA) is 112 Å². The molecule has 0 aliphatic carbocycles. The van der Waals surface area contributed by atoms with Gasteiger partial charge in [0.05, 0.1) is 17.7 Å². The number of hydrogen-bond acceptors (Lipinski definition) is 5. The highest BCUT2D eigenvalue weighted by Crippen LogP contribution is 2.22. The zero-order valence-corrected chi connectivity index (χ0v) is 21.3. The molecule has 3 atom stereocenters. The van der Waals surface area contributed by atoms with Crippen LogP contribution in [0.4, 0.5) is 4.79 Å². The second kappa shape index (κ2) is 11.7. The third kappa shape index (κ3) is 7.32. The molecule has 0 bridgehead atoms. The van der Waals surface area contributed by atoms with Gasteiger partial charge in [-0.05, 0) is 63.8 Å². The normalized spacial score (nSPS) is 17.0. The summed E-state index contributed by atoms with van der Waals surface area (Å²) in [6.07, 6.45) is 0.846. The van der Waals surface area contributed by atoms with Crippen molar-refractivity contribution in [2.45, 2.75) is 70.7 Å². The van der Waals surface area contributed by atoms with E-state index in [1.54, 1.807) is 37.8 Å². The SMILES string of the molecule is CC(NC(=O)[C@@H]1CCCN1C(=O)[C@H](Cc1ccccc1)NC(=O)OC(C)(C)C)c1ccc(C#N)cc1. The number of alkyl carbamates (subject to hydrolysis) is 1. The molecule has 1 fully saturated rings. The number of nitrogens with one attached hydrogen (secondary N) is 2. The first-order valence-corrected chi connectivity index (χ1v) is 12.2. The fourth-order valence-electron chi connectivity index (χ4n) is 4.24. The van der Waals surface area contributed by atoms with Crippen LogP contribution in [0.5, 0.6) is 0 Å². The number of amides is 3. The molecule has 0 radical (unpaired) electrons. The van der Waals surface area contributed by atoms with E-state index >= 15 is 0 Å². The molecule has 0 saturated carbocycles. The van der Waals surface area contributed by atoms with Crippen LogP contribution in [0.2, 0.25) is 0 Å². The van der Waals surface area contributed by atoms with E-state index in [2.05, 4.69) is 16.7 Å². The molecule has 3 rings (SSSR count). The summed E-state index contributed by atoms with van der Waals surface area (Å²) in [7, 11) is 0. The van der Waals surface area contributed by atoms with Crippen molar-refractivity contribution in [1.82, 2.24) is 15.5 Å². The molecule has 8 heteroatoms. The zero-order chi connectivity index (χ0) is 26.3. The van der Waals surface area contributed by atoms with Crippen LogP contribution in [0.3, 0.4) is 0 Å². The van der Waals surface area contributed by atoms with Crippen molar-refractivity contribution >= 4 is 17.9 Å². The lowest BCUT2D eigenvalue weighted by atomic mass is 10.0. The average Bonchev–Trinajstić information content (AvgIpc) is 3.33. The highest BCUT2D eigenvalue weighted by atomic mass is 16.6. The van der Waals surface area contributed by atoms with E-state index in [0.29, 0.717) is 24.9 Å². The van der Waals surface area contributed by atoms with Gasteiger partial charge in [0.2, 0.25) is 11.8 Å². The zero-order valence-electron chi connectivity index (χ0n) is 21.3. The molecule has 8 nitrogen and oxygen atoms in total. The van der Waals surface area contributed by atoms with Gasteiger partial charge in [0.1, 0.15) is 17.7 Å². The second-order valence-corrected chi connectivity index (χ2v) is 10.0. The first-order chi connectivity index (χ1) is 17.1. The maximum Gasteiger partial charge on any atom is 0.408 e. The molecular weight excluding hydrogens is 456 g/mol. The molecular formula is C28H34N4O4. The van der Waals surface area contributed by atoms with Gasteiger partial charge < -0.3 is 20.3 Å². The lowest BCUT2D eigenvalue weighted by Gasteiger charge is -2.30. The van der Waals surface area contributed by atoms with Gasteiger partial charge in [-0.25, -0.2) is 4.79 Å². The Bertz CT molecular complexity index is 1100. The summed E-state index contributed by atoms with van der Waals surface area (Å²) in [4.78, 5) is 40.9. The van der Waals surface area contributed by atoms with Gasteiger partial charge in [0.15, 0.2) is 0 Å². The molecule has 36 heavy (non-hydrogen) atoms. The largest absolute Gasteiger partial charge is 0.444 e. The number of carbonyl (C=O) groups is 3. The minimum absolute atomic E-state index is 0.242. The van der Waals surface area contributed by atoms with Gasteiger partial charge in [-0.3, -0.25) is 9.59 Å². The first-order valence-electron chi connectivity index (χ1n) is 12.2. The Labute approximate surface area is 212 Å². The number of benzene rings is 2. The summed E-state index contributed by atoms with van der Waals surface area (Å²) in [5, 5.41) is 14.7. The van der Waals surface area contributed by atoms with Gasteiger partial charge in [-0.1, -0.05) is 42.5 Å². The van der Waals surface area contributed by atoms with E-state index in [4.69, 9.17) is 10.00 Å². The van der Waals surface area contributed by atoms with Gasteiger partial charge in [-0.2, -0.15) is 5.26 Å². The van der Waals surface area contributed by atoms with Crippen LogP contribution in [0.15, 0.2) is 54.6 Å². The monoisotopic (exact) mass is 490 g/mol. The molecule has 2 aromatic rings. The van der Waals surface area contributed by atoms with Crippen LogP contribution in [0.1, 0.15) is 63.3 Å². The maximum absolute atomic E-state index is 13.6. The number of nitrogens with zero attached hydrogens (tertiary/aromatic N) is 2. The van der Waals surface area contributed by atoms with Crippen molar-refractivity contribution in [1.29, 1.82) is 5.26 Å². The van der Waals surface area contributed by atoms with E-state index in [9.17, 15) is 14.4 Å². The van der Waals surface area contributed by atoms with Crippen LogP contribution in [0.25, 0.3) is 0 Å². The van der Waals surface area contributed by atoms with Crippen LogP contribution in [-0.4, -0.2) is 47.0 Å². The van der Waals surface area contributed by atoms with Crippen LogP contribution in [0, 0.1) is 11.3 Å². The summed E-state index contributed by atoms with van der Waals surface area (Å²) >= 11 is 0. The summed E-state index contributed by atoms with van der Waals surface area (Å²) in [5.74, 6) is -0.554. The molecule has 1 aliphatic rings. The van der Waals surface area contributed by atoms with Gasteiger partial charge in [0.25, 0.3) is 0 Å². The summed E-state index contributed by atoms with van der Waals surface area (Å²) < 4.78 is 5.39. The molecule has 3 amide bonds. The van der Waals surface area contributed by atoms with Crippen molar-refractivity contribution in [2.24, 2.45) is 0 Å². The van der Waals surface area contributed by atoms with Gasteiger partial charge in [0, 0.05) is 13.0 Å². The van der Waals surface area contributed by atoms with Crippen LogP contribution < -0.4 is 10.6 Å². The fraction of sp³-hybridized carbons (Fsp3) is 0.429. The molecule has 0 aromatic heterocycles. The Kier molecular flexibility index (Phi) is 8.70. The minimum Gasteiger partial charge on any atom is -0.444 e. The first kappa shape index (κ1) is 26.7. The number of rotatable bonds is 7. The van der Waals surface area contributed by atoms with Crippen molar-refractivity contribution in [3.05, 3.63) is 71.3 Å². The number of carbonyl (C=O) groups excluding carboxylic acids is 3. The highest BCUT2D eigenvalue weighted by Gasteiger charge is 2.38. The molecule has 190 valence electrons. The van der Waals surface area contributed by atoms with Crippen LogP contribution in [-0.2, 0) is 20.7 Å².